The number of nitrogens with two attached hydrogens (primary N) is 1. The van der Waals surface area contributed by atoms with E-state index in [1.54, 1.807) is 6.20 Å². The summed E-state index contributed by atoms with van der Waals surface area (Å²) in [6, 6.07) is 8.05. The van der Waals surface area contributed by atoms with Crippen molar-refractivity contribution in [3.05, 3.63) is 52.8 Å². The van der Waals surface area contributed by atoms with Crippen LogP contribution in [0.5, 0.6) is 11.5 Å². The fourth-order valence-electron chi connectivity index (χ4n) is 1.84. The average molecular weight is 242 g/mol. The Morgan fingerprint density at radius 3 is 2.56 bits per heavy atom. The molecule has 18 heavy (non-hydrogen) atoms. The third-order valence-corrected chi connectivity index (χ3v) is 2.85. The molecule has 3 heteroatoms. The van der Waals surface area contributed by atoms with Gasteiger partial charge in [0, 0.05) is 30.1 Å². The second-order valence-corrected chi connectivity index (χ2v) is 4.51. The van der Waals surface area contributed by atoms with Crippen molar-refractivity contribution >= 4 is 0 Å². The molecule has 0 radical (unpaired) electrons. The minimum absolute atomic E-state index is 0.424. The van der Waals surface area contributed by atoms with Crippen molar-refractivity contribution in [2.24, 2.45) is 5.73 Å². The highest BCUT2D eigenvalue weighted by atomic mass is 16.5. The molecule has 0 saturated carbocycles. The molecule has 0 spiro atoms. The van der Waals surface area contributed by atoms with Crippen LogP contribution >= 0.6 is 0 Å². The molecule has 0 aliphatic heterocycles. The summed E-state index contributed by atoms with van der Waals surface area (Å²) in [7, 11) is 0. The SMILES string of the molecule is Cc1ccc(Oc2cc(C)ncc2CN)c(C)c1. The normalized spacial score (nSPS) is 10.4. The number of aromatic nitrogens is 1. The van der Waals surface area contributed by atoms with Crippen LogP contribution in [0.1, 0.15) is 22.4 Å². The molecule has 1 aromatic carbocycles. The first-order valence-corrected chi connectivity index (χ1v) is 6.01. The Bertz CT molecular complexity index is 564. The maximum Gasteiger partial charge on any atom is 0.135 e. The van der Waals surface area contributed by atoms with Crippen LogP contribution in [0.25, 0.3) is 0 Å². The van der Waals surface area contributed by atoms with Crippen LogP contribution in [0.3, 0.4) is 0 Å². The molecule has 0 unspecified atom stereocenters. The molecule has 2 aromatic rings. The van der Waals surface area contributed by atoms with E-state index in [-0.39, 0.29) is 0 Å². The molecular formula is C15H18N2O. The van der Waals surface area contributed by atoms with E-state index >= 15 is 0 Å². The Balaban J connectivity index is 2.36. The first-order chi connectivity index (χ1) is 8.60. The van der Waals surface area contributed by atoms with E-state index in [0.29, 0.717) is 6.54 Å². The number of pyridine rings is 1. The van der Waals surface area contributed by atoms with Gasteiger partial charge in [-0.3, -0.25) is 4.98 Å². The summed E-state index contributed by atoms with van der Waals surface area (Å²) in [5.41, 5.74) is 9.88. The highest BCUT2D eigenvalue weighted by Crippen LogP contribution is 2.28. The molecule has 0 atom stereocenters. The summed E-state index contributed by atoms with van der Waals surface area (Å²) in [4.78, 5) is 4.23. The Morgan fingerprint density at radius 1 is 1.11 bits per heavy atom. The molecule has 3 nitrogen and oxygen atoms in total. The van der Waals surface area contributed by atoms with Gasteiger partial charge in [0.1, 0.15) is 11.5 Å². The number of nitrogens with zero attached hydrogens (tertiary/aromatic N) is 1. The van der Waals surface area contributed by atoms with E-state index in [2.05, 4.69) is 18.0 Å². The van der Waals surface area contributed by atoms with Crippen LogP contribution < -0.4 is 10.5 Å². The Hall–Kier alpha value is -1.87. The lowest BCUT2D eigenvalue weighted by molar-refractivity contribution is 0.471. The average Bonchev–Trinajstić information content (AvgIpc) is 2.33. The van der Waals surface area contributed by atoms with Gasteiger partial charge in [-0.2, -0.15) is 0 Å². The second kappa shape index (κ2) is 5.19. The molecule has 94 valence electrons. The predicted octanol–water partition coefficient (Wildman–Crippen LogP) is 3.26. The van der Waals surface area contributed by atoms with Crippen molar-refractivity contribution in [2.75, 3.05) is 0 Å². The van der Waals surface area contributed by atoms with E-state index in [1.807, 2.05) is 32.0 Å². The van der Waals surface area contributed by atoms with Gasteiger partial charge in [0.05, 0.1) is 0 Å². The fraction of sp³-hybridized carbons (Fsp3) is 0.267. The largest absolute Gasteiger partial charge is 0.457 e. The standard InChI is InChI=1S/C15H18N2O/c1-10-4-5-14(11(2)6-10)18-15-7-12(3)17-9-13(15)8-16/h4-7,9H,8,16H2,1-3H3. The van der Waals surface area contributed by atoms with Crippen LogP contribution in [0, 0.1) is 20.8 Å². The number of hydrogen-bond donors (Lipinski definition) is 1. The van der Waals surface area contributed by atoms with Gasteiger partial charge in [0.15, 0.2) is 0 Å². The zero-order valence-corrected chi connectivity index (χ0v) is 11.0. The van der Waals surface area contributed by atoms with Crippen molar-refractivity contribution in [2.45, 2.75) is 27.3 Å². The third-order valence-electron chi connectivity index (χ3n) is 2.85. The Morgan fingerprint density at radius 2 is 1.89 bits per heavy atom. The van der Waals surface area contributed by atoms with Gasteiger partial charge in [-0.25, -0.2) is 0 Å². The molecule has 0 fully saturated rings. The lowest BCUT2D eigenvalue weighted by Gasteiger charge is -2.12. The summed E-state index contributed by atoms with van der Waals surface area (Å²) < 4.78 is 5.95. The zero-order chi connectivity index (χ0) is 13.1. The van der Waals surface area contributed by atoms with Crippen molar-refractivity contribution in [1.29, 1.82) is 0 Å². The molecule has 1 heterocycles. The van der Waals surface area contributed by atoms with E-state index < -0.39 is 0 Å². The quantitative estimate of drug-likeness (QED) is 0.898. The molecule has 2 rings (SSSR count). The summed E-state index contributed by atoms with van der Waals surface area (Å²) in [6.07, 6.45) is 1.77. The smallest absolute Gasteiger partial charge is 0.135 e. The van der Waals surface area contributed by atoms with Gasteiger partial charge in [-0.1, -0.05) is 17.7 Å². The summed E-state index contributed by atoms with van der Waals surface area (Å²) in [5.74, 6) is 1.65. The molecular weight excluding hydrogens is 224 g/mol. The predicted molar refractivity (Wildman–Crippen MR) is 72.9 cm³/mol. The Kier molecular flexibility index (Phi) is 3.63. The van der Waals surface area contributed by atoms with Crippen LogP contribution in [-0.2, 0) is 6.54 Å². The van der Waals surface area contributed by atoms with Crippen molar-refractivity contribution in [1.82, 2.24) is 4.98 Å². The van der Waals surface area contributed by atoms with Crippen LogP contribution in [0.2, 0.25) is 0 Å². The first-order valence-electron chi connectivity index (χ1n) is 6.01. The number of benzene rings is 1. The highest BCUT2D eigenvalue weighted by molar-refractivity contribution is 5.42. The summed E-state index contributed by atoms with van der Waals surface area (Å²) in [6.45, 7) is 6.47. The van der Waals surface area contributed by atoms with Crippen molar-refractivity contribution < 1.29 is 4.74 Å². The number of rotatable bonds is 3. The summed E-state index contributed by atoms with van der Waals surface area (Å²) >= 11 is 0. The van der Waals surface area contributed by atoms with Crippen molar-refractivity contribution in [3.63, 3.8) is 0 Å². The maximum absolute atomic E-state index is 5.95. The van der Waals surface area contributed by atoms with Crippen LogP contribution in [0.15, 0.2) is 30.5 Å². The zero-order valence-electron chi connectivity index (χ0n) is 11.0. The highest BCUT2D eigenvalue weighted by Gasteiger charge is 2.07. The molecule has 0 bridgehead atoms. The maximum atomic E-state index is 5.95. The van der Waals surface area contributed by atoms with Gasteiger partial charge in [0.2, 0.25) is 0 Å². The number of aryl methyl sites for hydroxylation is 3. The lowest BCUT2D eigenvalue weighted by Crippen LogP contribution is -2.01. The topological polar surface area (TPSA) is 48.1 Å². The number of hydrogen-bond acceptors (Lipinski definition) is 3. The third kappa shape index (κ3) is 2.68. The van der Waals surface area contributed by atoms with Gasteiger partial charge in [-0.05, 0) is 32.4 Å². The van der Waals surface area contributed by atoms with Crippen LogP contribution in [-0.4, -0.2) is 4.98 Å². The molecule has 1 aromatic heterocycles. The van der Waals surface area contributed by atoms with Crippen molar-refractivity contribution in [3.8, 4) is 11.5 Å². The van der Waals surface area contributed by atoms with Gasteiger partial charge in [0.25, 0.3) is 0 Å². The molecule has 0 amide bonds. The van der Waals surface area contributed by atoms with Crippen LogP contribution in [0.4, 0.5) is 0 Å². The second-order valence-electron chi connectivity index (χ2n) is 4.51. The summed E-state index contributed by atoms with van der Waals surface area (Å²) in [5, 5.41) is 0. The monoisotopic (exact) mass is 242 g/mol. The first kappa shape index (κ1) is 12.6. The van der Waals surface area contributed by atoms with E-state index in [0.717, 1.165) is 28.3 Å². The van der Waals surface area contributed by atoms with E-state index in [4.69, 9.17) is 10.5 Å². The molecule has 0 aliphatic rings. The molecule has 0 aliphatic carbocycles. The minimum Gasteiger partial charge on any atom is -0.457 e. The lowest BCUT2D eigenvalue weighted by atomic mass is 10.1. The molecule has 2 N–H and O–H groups in total. The Labute approximate surface area is 108 Å². The molecule has 0 saturated heterocycles. The van der Waals surface area contributed by atoms with Gasteiger partial charge >= 0.3 is 0 Å². The van der Waals surface area contributed by atoms with E-state index in [1.165, 1.54) is 5.56 Å². The van der Waals surface area contributed by atoms with Gasteiger partial charge < -0.3 is 10.5 Å². The minimum atomic E-state index is 0.424. The van der Waals surface area contributed by atoms with E-state index in [9.17, 15) is 0 Å². The van der Waals surface area contributed by atoms with Gasteiger partial charge in [-0.15, -0.1) is 0 Å². The fourth-order valence-corrected chi connectivity index (χ4v) is 1.84. The number of ether oxygens (including phenoxy) is 1.